The lowest BCUT2D eigenvalue weighted by atomic mass is 10.1. The predicted molar refractivity (Wildman–Crippen MR) is 117 cm³/mol. The number of halogens is 1. The van der Waals surface area contributed by atoms with Gasteiger partial charge in [0.25, 0.3) is 5.91 Å². The summed E-state index contributed by atoms with van der Waals surface area (Å²) in [7, 11) is 0. The number of amides is 1. The monoisotopic (exact) mass is 422 g/mol. The molecular formula is C24H23ClN2O3. The van der Waals surface area contributed by atoms with Gasteiger partial charge in [0.2, 0.25) is 0 Å². The van der Waals surface area contributed by atoms with Gasteiger partial charge in [-0.25, -0.2) is 0 Å². The number of carbonyl (C=O) groups is 1. The average Bonchev–Trinajstić information content (AvgIpc) is 2.80. The van der Waals surface area contributed by atoms with Crippen molar-refractivity contribution in [3.63, 3.8) is 0 Å². The molecule has 0 bridgehead atoms. The van der Waals surface area contributed by atoms with Crippen LogP contribution in [0.2, 0.25) is 5.02 Å². The van der Waals surface area contributed by atoms with Gasteiger partial charge in [-0.1, -0.05) is 54.1 Å². The van der Waals surface area contributed by atoms with Crippen LogP contribution in [0.3, 0.4) is 0 Å². The third-order valence-corrected chi connectivity index (χ3v) is 5.37. The van der Waals surface area contributed by atoms with E-state index in [4.69, 9.17) is 21.1 Å². The summed E-state index contributed by atoms with van der Waals surface area (Å²) in [6.07, 6.45) is 4.87. The summed E-state index contributed by atoms with van der Waals surface area (Å²) < 4.78 is 11.7. The molecule has 1 aromatic heterocycles. The number of piperidine rings is 1. The van der Waals surface area contributed by atoms with Gasteiger partial charge in [-0.15, -0.1) is 0 Å². The first kappa shape index (κ1) is 20.2. The van der Waals surface area contributed by atoms with Crippen molar-refractivity contribution in [3.05, 3.63) is 78.1 Å². The quantitative estimate of drug-likeness (QED) is 0.569. The Balaban J connectivity index is 1.30. The van der Waals surface area contributed by atoms with E-state index in [0.29, 0.717) is 29.6 Å². The molecule has 0 saturated carbocycles. The topological polar surface area (TPSA) is 51.7 Å². The molecule has 6 heteroatoms. The van der Waals surface area contributed by atoms with Crippen LogP contribution in [0.5, 0.6) is 11.5 Å². The number of nitrogens with zero attached hydrogens (tertiary/aromatic N) is 2. The largest absolute Gasteiger partial charge is 0.487 e. The second-order valence-corrected chi connectivity index (χ2v) is 7.61. The van der Waals surface area contributed by atoms with E-state index >= 15 is 0 Å². The minimum absolute atomic E-state index is 0.00736. The Hall–Kier alpha value is -3.05. The number of ether oxygens (including phenoxy) is 2. The van der Waals surface area contributed by atoms with Gasteiger partial charge in [0, 0.05) is 25.0 Å². The van der Waals surface area contributed by atoms with Crippen molar-refractivity contribution in [2.24, 2.45) is 0 Å². The van der Waals surface area contributed by atoms with Gasteiger partial charge < -0.3 is 14.4 Å². The van der Waals surface area contributed by atoms with Crippen LogP contribution in [0.1, 0.15) is 12.8 Å². The molecule has 1 fully saturated rings. The number of hydrogen-bond donors (Lipinski definition) is 0. The molecule has 1 aliphatic heterocycles. The van der Waals surface area contributed by atoms with Gasteiger partial charge in [0.05, 0.1) is 6.54 Å². The molecule has 0 spiro atoms. The maximum atomic E-state index is 12.6. The fourth-order valence-corrected chi connectivity index (χ4v) is 3.67. The molecule has 0 aliphatic carbocycles. The Morgan fingerprint density at radius 3 is 2.60 bits per heavy atom. The number of pyridine rings is 1. The maximum Gasteiger partial charge on any atom is 0.260 e. The van der Waals surface area contributed by atoms with Crippen LogP contribution < -0.4 is 9.47 Å². The first-order chi connectivity index (χ1) is 14.7. The third kappa shape index (κ3) is 5.10. The number of rotatable bonds is 6. The zero-order valence-electron chi connectivity index (χ0n) is 16.5. The van der Waals surface area contributed by atoms with Crippen LogP contribution in [-0.4, -0.2) is 41.6 Å². The molecular weight excluding hydrogens is 400 g/mol. The van der Waals surface area contributed by atoms with Crippen LogP contribution in [-0.2, 0) is 4.79 Å². The van der Waals surface area contributed by atoms with Crippen molar-refractivity contribution >= 4 is 17.5 Å². The average molecular weight is 423 g/mol. The first-order valence-corrected chi connectivity index (χ1v) is 10.4. The van der Waals surface area contributed by atoms with Crippen molar-refractivity contribution in [3.8, 4) is 22.6 Å². The van der Waals surface area contributed by atoms with E-state index < -0.39 is 0 Å². The van der Waals surface area contributed by atoms with Crippen molar-refractivity contribution in [1.82, 2.24) is 9.88 Å². The molecule has 3 aromatic rings. The van der Waals surface area contributed by atoms with Crippen LogP contribution in [0.25, 0.3) is 11.1 Å². The minimum Gasteiger partial charge on any atom is -0.487 e. The molecule has 1 saturated heterocycles. The van der Waals surface area contributed by atoms with Gasteiger partial charge >= 0.3 is 0 Å². The second kappa shape index (κ2) is 9.63. The Morgan fingerprint density at radius 1 is 1.07 bits per heavy atom. The summed E-state index contributed by atoms with van der Waals surface area (Å²) in [6.45, 7) is 1.24. The highest BCUT2D eigenvalue weighted by molar-refractivity contribution is 6.31. The normalized spacial score (nSPS) is 16.2. The van der Waals surface area contributed by atoms with Crippen LogP contribution in [0, 0.1) is 0 Å². The Bertz CT molecular complexity index is 979. The van der Waals surface area contributed by atoms with Crippen molar-refractivity contribution in [2.75, 3.05) is 19.7 Å². The number of benzene rings is 2. The molecule has 0 radical (unpaired) electrons. The van der Waals surface area contributed by atoms with E-state index in [1.54, 1.807) is 23.4 Å². The minimum atomic E-state index is -0.0900. The summed E-state index contributed by atoms with van der Waals surface area (Å²) in [5, 5.41) is 0.475. The van der Waals surface area contributed by atoms with Crippen LogP contribution >= 0.6 is 11.6 Å². The van der Waals surface area contributed by atoms with Crippen LogP contribution in [0.4, 0.5) is 0 Å². The lowest BCUT2D eigenvalue weighted by molar-refractivity contribution is -0.136. The van der Waals surface area contributed by atoms with E-state index in [-0.39, 0.29) is 18.6 Å². The van der Waals surface area contributed by atoms with Crippen molar-refractivity contribution in [2.45, 2.75) is 18.9 Å². The van der Waals surface area contributed by atoms with Crippen molar-refractivity contribution in [1.29, 1.82) is 0 Å². The number of likely N-dealkylation sites (tertiary alicyclic amines) is 1. The molecule has 4 rings (SSSR count). The molecule has 0 N–H and O–H groups in total. The fourth-order valence-electron chi connectivity index (χ4n) is 3.51. The van der Waals surface area contributed by atoms with Gasteiger partial charge in [-0.3, -0.25) is 9.78 Å². The molecule has 2 heterocycles. The summed E-state index contributed by atoms with van der Waals surface area (Å²) in [5.74, 6) is 1.23. The van der Waals surface area contributed by atoms with Gasteiger partial charge in [0.1, 0.15) is 22.6 Å². The number of carbonyl (C=O) groups excluding carboxylic acids is 1. The Labute approximate surface area is 181 Å². The maximum absolute atomic E-state index is 12.6. The molecule has 1 atom stereocenters. The van der Waals surface area contributed by atoms with Crippen molar-refractivity contribution < 1.29 is 14.3 Å². The highest BCUT2D eigenvalue weighted by Gasteiger charge is 2.25. The summed E-state index contributed by atoms with van der Waals surface area (Å²) in [4.78, 5) is 18.4. The SMILES string of the molecule is O=C(COc1ccc(-c2ccccc2)cc1)N1CCCC(Oc2ccncc2Cl)C1. The third-order valence-electron chi connectivity index (χ3n) is 5.08. The molecule has 154 valence electrons. The second-order valence-electron chi connectivity index (χ2n) is 7.21. The molecule has 5 nitrogen and oxygen atoms in total. The molecule has 1 unspecified atom stereocenters. The van der Waals surface area contributed by atoms with Crippen LogP contribution in [0.15, 0.2) is 73.1 Å². The highest BCUT2D eigenvalue weighted by atomic mass is 35.5. The van der Waals surface area contributed by atoms with E-state index in [1.165, 1.54) is 0 Å². The summed E-state index contributed by atoms with van der Waals surface area (Å²) in [6, 6.07) is 19.7. The molecule has 1 amide bonds. The summed E-state index contributed by atoms with van der Waals surface area (Å²) in [5.41, 5.74) is 2.26. The van der Waals surface area contributed by atoms with E-state index in [2.05, 4.69) is 17.1 Å². The molecule has 2 aromatic carbocycles. The fraction of sp³-hybridized carbons (Fsp3) is 0.250. The van der Waals surface area contributed by atoms with E-state index in [0.717, 1.165) is 24.0 Å². The number of aromatic nitrogens is 1. The lowest BCUT2D eigenvalue weighted by Crippen LogP contribution is -2.46. The number of hydrogen-bond acceptors (Lipinski definition) is 4. The molecule has 1 aliphatic rings. The van der Waals surface area contributed by atoms with Gasteiger partial charge in [-0.2, -0.15) is 0 Å². The smallest absolute Gasteiger partial charge is 0.260 e. The zero-order chi connectivity index (χ0) is 20.8. The Morgan fingerprint density at radius 2 is 1.83 bits per heavy atom. The lowest BCUT2D eigenvalue weighted by Gasteiger charge is -2.33. The standard InChI is InChI=1S/C24H23ClN2O3/c25-22-15-26-13-12-23(22)30-21-7-4-14-27(16-21)24(28)17-29-20-10-8-19(9-11-20)18-5-2-1-3-6-18/h1-3,5-6,8-13,15,21H,4,7,14,16-17H2. The first-order valence-electron chi connectivity index (χ1n) is 10.0. The predicted octanol–water partition coefficient (Wildman–Crippen LogP) is 4.85. The van der Waals surface area contributed by atoms with Gasteiger partial charge in [0.15, 0.2) is 6.61 Å². The van der Waals surface area contributed by atoms with E-state index in [9.17, 15) is 4.79 Å². The van der Waals surface area contributed by atoms with E-state index in [1.807, 2.05) is 42.5 Å². The summed E-state index contributed by atoms with van der Waals surface area (Å²) >= 11 is 6.12. The Kier molecular flexibility index (Phi) is 6.50. The zero-order valence-corrected chi connectivity index (χ0v) is 17.3. The van der Waals surface area contributed by atoms with Gasteiger partial charge in [-0.05, 0) is 36.1 Å². The highest BCUT2D eigenvalue weighted by Crippen LogP contribution is 2.26. The molecule has 30 heavy (non-hydrogen) atoms.